The van der Waals surface area contributed by atoms with E-state index in [1.165, 1.54) is 10.9 Å². The molecule has 0 saturated heterocycles. The molecule has 1 saturated carbocycles. The molecule has 4 N–H and O–H groups in total. The first-order chi connectivity index (χ1) is 17.3. The Kier molecular flexibility index (Phi) is 6.30. The summed E-state index contributed by atoms with van der Waals surface area (Å²) in [4.78, 5) is 30.8. The van der Waals surface area contributed by atoms with Crippen molar-refractivity contribution in [3.05, 3.63) is 88.5 Å². The lowest BCUT2D eigenvalue weighted by Gasteiger charge is -2.11. The Morgan fingerprint density at radius 1 is 1.08 bits per heavy atom. The van der Waals surface area contributed by atoms with Crippen molar-refractivity contribution in [2.24, 2.45) is 5.73 Å². The third-order valence-corrected chi connectivity index (χ3v) is 6.37. The number of benzene rings is 3. The quantitative estimate of drug-likeness (QED) is 0.227. The van der Waals surface area contributed by atoms with Crippen molar-refractivity contribution in [2.75, 3.05) is 13.2 Å². The molecular weight excluding hydrogens is 484 g/mol. The van der Waals surface area contributed by atoms with Gasteiger partial charge in [-0.1, -0.05) is 29.8 Å². The van der Waals surface area contributed by atoms with E-state index in [0.717, 1.165) is 35.4 Å². The molecule has 1 fully saturated rings. The minimum atomic E-state index is -0.688. The summed E-state index contributed by atoms with van der Waals surface area (Å²) >= 11 is 6.05. The molecular formula is C27H23ClN2O6. The van der Waals surface area contributed by atoms with Gasteiger partial charge in [0.25, 0.3) is 5.91 Å². The number of halogens is 1. The number of ether oxygens (including phenoxy) is 1. The van der Waals surface area contributed by atoms with E-state index in [9.17, 15) is 14.7 Å². The molecule has 3 aromatic carbocycles. The normalized spacial score (nSPS) is 13.8. The van der Waals surface area contributed by atoms with Crippen LogP contribution in [0, 0.1) is 0 Å². The van der Waals surface area contributed by atoms with Gasteiger partial charge in [0.15, 0.2) is 18.6 Å². The Morgan fingerprint density at radius 3 is 2.61 bits per heavy atom. The Labute approximate surface area is 211 Å². The van der Waals surface area contributed by atoms with Crippen LogP contribution in [0.15, 0.2) is 66.7 Å². The van der Waals surface area contributed by atoms with Gasteiger partial charge in [0.2, 0.25) is 5.78 Å². The Bertz CT molecular complexity index is 1540. The minimum Gasteiger partial charge on any atom is -0.507 e. The van der Waals surface area contributed by atoms with E-state index in [2.05, 4.69) is 0 Å². The third kappa shape index (κ3) is 4.73. The van der Waals surface area contributed by atoms with E-state index < -0.39 is 12.5 Å². The molecule has 9 heteroatoms. The zero-order valence-corrected chi connectivity index (χ0v) is 19.9. The number of Topliss-reactive ketones (excluding diaryl/α,β-unsaturated/α-hetero) is 1. The SMILES string of the molecule is NC(=O)c1cc2cc(Cl)ccc2cc1OCC(=O)c1cn(O/C=C(\O)CO)c2cc(C3CC3)ccc12. The molecule has 5 rings (SSSR count). The first-order valence-electron chi connectivity index (χ1n) is 11.3. The Hall–Kier alpha value is -4.01. The number of ketones is 1. The van der Waals surface area contributed by atoms with E-state index in [1.54, 1.807) is 30.3 Å². The summed E-state index contributed by atoms with van der Waals surface area (Å²) in [5, 5.41) is 21.3. The zero-order valence-electron chi connectivity index (χ0n) is 19.1. The number of amides is 1. The smallest absolute Gasteiger partial charge is 0.252 e. The van der Waals surface area contributed by atoms with Crippen LogP contribution in [0.3, 0.4) is 0 Å². The lowest BCUT2D eigenvalue weighted by Crippen LogP contribution is -2.16. The number of nitrogens with zero attached hydrogens (tertiary/aromatic N) is 1. The molecule has 1 aliphatic rings. The maximum absolute atomic E-state index is 13.2. The molecule has 4 aromatic rings. The molecule has 1 aromatic heterocycles. The van der Waals surface area contributed by atoms with Crippen LogP contribution in [0.25, 0.3) is 21.7 Å². The molecule has 0 aliphatic heterocycles. The number of carbonyl (C=O) groups is 2. The predicted octanol–water partition coefficient (Wildman–Crippen LogP) is 4.51. The largest absolute Gasteiger partial charge is 0.507 e. The van der Waals surface area contributed by atoms with Crippen LogP contribution in [0.5, 0.6) is 5.75 Å². The average molecular weight is 507 g/mol. The number of fused-ring (bicyclic) bond motifs is 2. The maximum Gasteiger partial charge on any atom is 0.252 e. The highest BCUT2D eigenvalue weighted by Crippen LogP contribution is 2.41. The molecule has 0 unspecified atom stereocenters. The Balaban J connectivity index is 1.46. The summed E-state index contributed by atoms with van der Waals surface area (Å²) in [5.41, 5.74) is 7.82. The van der Waals surface area contributed by atoms with Gasteiger partial charge in [-0.25, -0.2) is 0 Å². The van der Waals surface area contributed by atoms with Crippen molar-refractivity contribution in [3.63, 3.8) is 0 Å². The van der Waals surface area contributed by atoms with Crippen LogP contribution in [0.4, 0.5) is 0 Å². The van der Waals surface area contributed by atoms with Crippen molar-refractivity contribution < 1.29 is 29.4 Å². The molecule has 184 valence electrons. The monoisotopic (exact) mass is 506 g/mol. The number of aliphatic hydroxyl groups excluding tert-OH is 2. The number of hydrogen-bond donors (Lipinski definition) is 3. The van der Waals surface area contributed by atoms with E-state index in [4.69, 9.17) is 32.0 Å². The summed E-state index contributed by atoms with van der Waals surface area (Å²) in [7, 11) is 0. The van der Waals surface area contributed by atoms with Crippen LogP contribution in [-0.4, -0.2) is 39.8 Å². The van der Waals surface area contributed by atoms with Crippen molar-refractivity contribution in [2.45, 2.75) is 18.8 Å². The number of aromatic nitrogens is 1. The standard InChI is InChI=1S/C27H23ClN2O6/c28-19-5-3-17-10-26(22(27(29)34)8-18(17)7-19)35-14-25(33)23-11-30(36-13-20(32)12-31)24-9-16(15-1-2-15)4-6-21(23)24/h3-11,13,15,31-32H,1-2,12,14H2,(H2,29,34)/b20-13-. The molecule has 1 heterocycles. The first-order valence-corrected chi connectivity index (χ1v) is 11.7. The number of hydrogen-bond acceptors (Lipinski definition) is 6. The van der Waals surface area contributed by atoms with Crippen molar-refractivity contribution >= 4 is 45.0 Å². The summed E-state index contributed by atoms with van der Waals surface area (Å²) in [6.07, 6.45) is 4.73. The fourth-order valence-electron chi connectivity index (χ4n) is 4.13. The summed E-state index contributed by atoms with van der Waals surface area (Å²) in [6.45, 7) is -0.924. The van der Waals surface area contributed by atoms with Crippen molar-refractivity contribution in [1.29, 1.82) is 0 Å². The van der Waals surface area contributed by atoms with E-state index in [-0.39, 0.29) is 29.5 Å². The lowest BCUT2D eigenvalue weighted by atomic mass is 10.0. The number of aliphatic hydroxyl groups is 2. The van der Waals surface area contributed by atoms with Crippen LogP contribution in [-0.2, 0) is 0 Å². The average Bonchev–Trinajstić information content (AvgIpc) is 3.66. The van der Waals surface area contributed by atoms with Crippen LogP contribution in [0.1, 0.15) is 45.0 Å². The number of primary amides is 1. The highest BCUT2D eigenvalue weighted by Gasteiger charge is 2.25. The molecule has 0 atom stereocenters. The van der Waals surface area contributed by atoms with E-state index in [1.807, 2.05) is 18.2 Å². The van der Waals surface area contributed by atoms with Crippen molar-refractivity contribution in [1.82, 2.24) is 4.73 Å². The minimum absolute atomic E-state index is 0.141. The fourth-order valence-corrected chi connectivity index (χ4v) is 4.31. The van der Waals surface area contributed by atoms with E-state index in [0.29, 0.717) is 27.4 Å². The van der Waals surface area contributed by atoms with Gasteiger partial charge in [-0.2, -0.15) is 4.73 Å². The van der Waals surface area contributed by atoms with Gasteiger partial charge in [-0.05, 0) is 65.4 Å². The number of nitrogens with two attached hydrogens (primary N) is 1. The highest BCUT2D eigenvalue weighted by molar-refractivity contribution is 6.31. The predicted molar refractivity (Wildman–Crippen MR) is 136 cm³/mol. The van der Waals surface area contributed by atoms with Gasteiger partial charge in [0.1, 0.15) is 12.4 Å². The van der Waals surface area contributed by atoms with Crippen molar-refractivity contribution in [3.8, 4) is 5.75 Å². The van der Waals surface area contributed by atoms with E-state index >= 15 is 0 Å². The Morgan fingerprint density at radius 2 is 1.89 bits per heavy atom. The van der Waals surface area contributed by atoms with Crippen LogP contribution >= 0.6 is 11.6 Å². The molecule has 8 nitrogen and oxygen atoms in total. The summed E-state index contributed by atoms with van der Waals surface area (Å²) < 4.78 is 7.15. The molecule has 0 radical (unpaired) electrons. The second-order valence-corrected chi connectivity index (χ2v) is 9.14. The zero-order chi connectivity index (χ0) is 25.4. The van der Waals surface area contributed by atoms with Gasteiger partial charge in [0.05, 0.1) is 22.8 Å². The van der Waals surface area contributed by atoms with Gasteiger partial charge in [-0.3, -0.25) is 9.59 Å². The topological polar surface area (TPSA) is 124 Å². The second-order valence-electron chi connectivity index (χ2n) is 8.71. The summed E-state index contributed by atoms with van der Waals surface area (Å²) in [5.74, 6) is -0.715. The molecule has 1 amide bonds. The first kappa shape index (κ1) is 23.7. The molecule has 36 heavy (non-hydrogen) atoms. The maximum atomic E-state index is 13.2. The number of carbonyl (C=O) groups excluding carboxylic acids is 2. The fraction of sp³-hybridized carbons (Fsp3) is 0.185. The van der Waals surface area contributed by atoms with Gasteiger partial charge < -0.3 is 25.5 Å². The molecule has 1 aliphatic carbocycles. The molecule has 0 bridgehead atoms. The summed E-state index contributed by atoms with van der Waals surface area (Å²) in [6, 6.07) is 14.3. The van der Waals surface area contributed by atoms with Crippen LogP contribution in [0.2, 0.25) is 5.02 Å². The van der Waals surface area contributed by atoms with Gasteiger partial charge >= 0.3 is 0 Å². The number of rotatable bonds is 9. The van der Waals surface area contributed by atoms with Crippen LogP contribution < -0.4 is 15.3 Å². The highest BCUT2D eigenvalue weighted by atomic mass is 35.5. The lowest BCUT2D eigenvalue weighted by molar-refractivity contribution is 0.0912. The van der Waals surface area contributed by atoms with Gasteiger partial charge in [0, 0.05) is 10.4 Å². The van der Waals surface area contributed by atoms with Gasteiger partial charge in [-0.15, -0.1) is 0 Å². The third-order valence-electron chi connectivity index (χ3n) is 6.13. The molecule has 0 spiro atoms. The second kappa shape index (κ2) is 9.56.